The summed E-state index contributed by atoms with van der Waals surface area (Å²) in [7, 11) is 4.68. The Hall–Kier alpha value is -2.77. The van der Waals surface area contributed by atoms with E-state index in [4.69, 9.17) is 18.9 Å². The van der Waals surface area contributed by atoms with Crippen LogP contribution in [0.4, 0.5) is 4.79 Å². The number of carbonyl (C=O) groups is 1. The lowest BCUT2D eigenvalue weighted by Crippen LogP contribution is -2.47. The summed E-state index contributed by atoms with van der Waals surface area (Å²) in [6, 6.07) is 14.0. The van der Waals surface area contributed by atoms with E-state index in [0.717, 1.165) is 0 Å². The average Bonchev–Trinajstić information content (AvgIpc) is 2.97. The molecular weight excluding hydrogens is 350 g/mol. The molecule has 3 rings (SSSR count). The number of carbonyl (C=O) groups excluding carboxylic acids is 1. The van der Waals surface area contributed by atoms with Crippen molar-refractivity contribution in [3.8, 4) is 11.5 Å². The first-order valence-electron chi connectivity index (χ1n) is 8.52. The smallest absolute Gasteiger partial charge is 0.413 e. The zero-order valence-electron chi connectivity index (χ0n) is 15.5. The number of methoxy groups -OCH3 is 3. The van der Waals surface area contributed by atoms with Crippen LogP contribution in [-0.4, -0.2) is 50.6 Å². The van der Waals surface area contributed by atoms with Crippen LogP contribution in [0.25, 0.3) is 0 Å². The van der Waals surface area contributed by atoms with Gasteiger partial charge in [-0.15, -0.1) is 0 Å². The highest BCUT2D eigenvalue weighted by Crippen LogP contribution is 2.46. The number of rotatable bonds is 7. The topological polar surface area (TPSA) is 77.5 Å². The number of nitrogens with zero attached hydrogens (tertiary/aromatic N) is 1. The predicted molar refractivity (Wildman–Crippen MR) is 97.7 cm³/mol. The molecule has 1 aliphatic heterocycles. The average molecular weight is 373 g/mol. The molecule has 7 heteroatoms. The molecular formula is C20H23NO6. The van der Waals surface area contributed by atoms with Crippen molar-refractivity contribution in [1.82, 2.24) is 4.90 Å². The molecule has 1 fully saturated rings. The summed E-state index contributed by atoms with van der Waals surface area (Å²) >= 11 is 0. The molecule has 0 radical (unpaired) electrons. The maximum atomic E-state index is 12.5. The summed E-state index contributed by atoms with van der Waals surface area (Å²) in [4.78, 5) is 13.8. The number of hydrogen-bond acceptors (Lipinski definition) is 6. The SMILES string of the molecule is COCCN1C(=O)O[C@H](c2ccc(OC)cc2)[C@@]1(O)c1ccc(OC)cc1. The van der Waals surface area contributed by atoms with Gasteiger partial charge in [-0.2, -0.15) is 0 Å². The van der Waals surface area contributed by atoms with Crippen LogP contribution in [-0.2, 0) is 15.2 Å². The van der Waals surface area contributed by atoms with E-state index in [1.807, 2.05) is 0 Å². The van der Waals surface area contributed by atoms with E-state index in [9.17, 15) is 9.90 Å². The van der Waals surface area contributed by atoms with Gasteiger partial charge in [0.15, 0.2) is 6.10 Å². The summed E-state index contributed by atoms with van der Waals surface area (Å²) in [5.41, 5.74) is -0.510. The molecule has 27 heavy (non-hydrogen) atoms. The van der Waals surface area contributed by atoms with Crippen LogP contribution in [0.2, 0.25) is 0 Å². The van der Waals surface area contributed by atoms with Gasteiger partial charge < -0.3 is 24.1 Å². The Morgan fingerprint density at radius 2 is 1.56 bits per heavy atom. The van der Waals surface area contributed by atoms with Gasteiger partial charge in [-0.1, -0.05) is 24.3 Å². The van der Waals surface area contributed by atoms with Crippen molar-refractivity contribution in [1.29, 1.82) is 0 Å². The fraction of sp³-hybridized carbons (Fsp3) is 0.350. The number of hydrogen-bond donors (Lipinski definition) is 1. The molecule has 0 bridgehead atoms. The molecule has 1 aliphatic rings. The molecule has 0 saturated carbocycles. The molecule has 1 saturated heterocycles. The highest BCUT2D eigenvalue weighted by Gasteiger charge is 2.55. The second kappa shape index (κ2) is 7.85. The Morgan fingerprint density at radius 1 is 1.00 bits per heavy atom. The maximum absolute atomic E-state index is 12.5. The standard InChI is InChI=1S/C20H23NO6/c1-24-13-12-21-19(22)27-18(14-4-8-16(25-2)9-5-14)20(21,23)15-6-10-17(26-3)11-7-15/h4-11,18,23H,12-13H2,1-3H3/t18-,20+/m1/s1. The molecule has 1 heterocycles. The third kappa shape index (κ3) is 3.43. The van der Waals surface area contributed by atoms with Gasteiger partial charge in [0.25, 0.3) is 0 Å². The van der Waals surface area contributed by atoms with E-state index >= 15 is 0 Å². The van der Waals surface area contributed by atoms with Gasteiger partial charge in [0.2, 0.25) is 5.72 Å². The normalized spacial score (nSPS) is 21.9. The largest absolute Gasteiger partial charge is 0.497 e. The summed E-state index contributed by atoms with van der Waals surface area (Å²) in [6.45, 7) is 0.452. The zero-order chi connectivity index (χ0) is 19.4. The Kier molecular flexibility index (Phi) is 5.53. The number of aliphatic hydroxyl groups is 1. The molecule has 2 aromatic carbocycles. The number of amides is 1. The lowest BCUT2D eigenvalue weighted by Gasteiger charge is -2.34. The van der Waals surface area contributed by atoms with Gasteiger partial charge in [0.05, 0.1) is 27.4 Å². The van der Waals surface area contributed by atoms with Crippen molar-refractivity contribution in [2.24, 2.45) is 0 Å². The van der Waals surface area contributed by atoms with Gasteiger partial charge in [-0.3, -0.25) is 4.90 Å². The summed E-state index contributed by atoms with van der Waals surface area (Å²) < 4.78 is 21.0. The van der Waals surface area contributed by atoms with Crippen LogP contribution in [0.5, 0.6) is 11.5 Å². The van der Waals surface area contributed by atoms with Gasteiger partial charge in [0.1, 0.15) is 11.5 Å². The van der Waals surface area contributed by atoms with Gasteiger partial charge in [0, 0.05) is 12.7 Å². The quantitative estimate of drug-likeness (QED) is 0.804. The minimum absolute atomic E-state index is 0.185. The van der Waals surface area contributed by atoms with Crippen LogP contribution in [0.15, 0.2) is 48.5 Å². The molecule has 7 nitrogen and oxygen atoms in total. The minimum atomic E-state index is -1.68. The van der Waals surface area contributed by atoms with Crippen LogP contribution < -0.4 is 9.47 Å². The number of benzene rings is 2. The zero-order valence-corrected chi connectivity index (χ0v) is 15.5. The molecule has 144 valence electrons. The van der Waals surface area contributed by atoms with Gasteiger partial charge in [-0.05, 0) is 29.8 Å². The third-order valence-electron chi connectivity index (χ3n) is 4.67. The Labute approximate surface area is 158 Å². The number of cyclic esters (lactones) is 1. The van der Waals surface area contributed by atoms with Crippen molar-refractivity contribution < 1.29 is 28.8 Å². The molecule has 1 N–H and O–H groups in total. The lowest BCUT2D eigenvalue weighted by molar-refractivity contribution is -0.113. The second-order valence-electron chi connectivity index (χ2n) is 6.14. The van der Waals surface area contributed by atoms with E-state index in [2.05, 4.69) is 0 Å². The molecule has 0 aliphatic carbocycles. The van der Waals surface area contributed by atoms with E-state index in [-0.39, 0.29) is 13.2 Å². The van der Waals surface area contributed by atoms with Crippen molar-refractivity contribution in [2.75, 3.05) is 34.5 Å². The number of ether oxygens (including phenoxy) is 4. The first-order valence-corrected chi connectivity index (χ1v) is 8.52. The summed E-state index contributed by atoms with van der Waals surface area (Å²) in [6.07, 6.45) is -1.51. The lowest BCUT2D eigenvalue weighted by atomic mass is 9.91. The monoisotopic (exact) mass is 373 g/mol. The van der Waals surface area contributed by atoms with Crippen molar-refractivity contribution in [3.63, 3.8) is 0 Å². The Balaban J connectivity index is 2.05. The van der Waals surface area contributed by atoms with E-state index < -0.39 is 17.9 Å². The summed E-state index contributed by atoms with van der Waals surface area (Å²) in [5.74, 6) is 1.32. The van der Waals surface area contributed by atoms with Gasteiger partial charge in [-0.25, -0.2) is 4.79 Å². The minimum Gasteiger partial charge on any atom is -0.497 e. The van der Waals surface area contributed by atoms with Gasteiger partial charge >= 0.3 is 6.09 Å². The van der Waals surface area contributed by atoms with Crippen molar-refractivity contribution in [2.45, 2.75) is 11.8 Å². The molecule has 1 amide bonds. The highest BCUT2D eigenvalue weighted by atomic mass is 16.6. The fourth-order valence-electron chi connectivity index (χ4n) is 3.19. The van der Waals surface area contributed by atoms with E-state index in [0.29, 0.717) is 22.6 Å². The fourth-order valence-corrected chi connectivity index (χ4v) is 3.19. The second-order valence-corrected chi connectivity index (χ2v) is 6.14. The van der Waals surface area contributed by atoms with Crippen molar-refractivity contribution >= 4 is 6.09 Å². The molecule has 0 unspecified atom stereocenters. The summed E-state index contributed by atoms with van der Waals surface area (Å²) in [5, 5.41) is 11.7. The van der Waals surface area contributed by atoms with Crippen molar-refractivity contribution in [3.05, 3.63) is 59.7 Å². The maximum Gasteiger partial charge on any atom is 0.413 e. The van der Waals surface area contributed by atoms with Crippen LogP contribution in [0.1, 0.15) is 17.2 Å². The first-order chi connectivity index (χ1) is 13.0. The van der Waals surface area contributed by atoms with E-state index in [1.54, 1.807) is 62.8 Å². The molecule has 2 aromatic rings. The molecule has 2 atom stereocenters. The third-order valence-corrected chi connectivity index (χ3v) is 4.67. The Bertz CT molecular complexity index is 776. The van der Waals surface area contributed by atoms with Crippen LogP contribution >= 0.6 is 0 Å². The first kappa shape index (κ1) is 19.0. The molecule has 0 spiro atoms. The van der Waals surface area contributed by atoms with Crippen LogP contribution in [0.3, 0.4) is 0 Å². The van der Waals surface area contributed by atoms with E-state index in [1.165, 1.54) is 12.0 Å². The highest BCUT2D eigenvalue weighted by molar-refractivity contribution is 5.72. The predicted octanol–water partition coefficient (Wildman–Crippen LogP) is 2.69. The molecule has 0 aromatic heterocycles. The van der Waals surface area contributed by atoms with Crippen LogP contribution in [0, 0.1) is 0 Å². The Morgan fingerprint density at radius 3 is 2.07 bits per heavy atom.